The van der Waals surface area contributed by atoms with Crippen LogP contribution in [0.1, 0.15) is 17.5 Å². The Morgan fingerprint density at radius 2 is 2.32 bits per heavy atom. The molecule has 0 spiro atoms. The highest BCUT2D eigenvalue weighted by Crippen LogP contribution is 2.17. The molecule has 1 atom stereocenters. The van der Waals surface area contributed by atoms with Gasteiger partial charge >= 0.3 is 11.9 Å². The second-order valence-corrected chi connectivity index (χ2v) is 4.63. The number of carbonyl (C=O) groups is 2. The number of carbonyl (C=O) groups excluding carboxylic acids is 2. The monoisotopic (exact) mass is 280 g/mol. The lowest BCUT2D eigenvalue weighted by Crippen LogP contribution is -2.21. The van der Waals surface area contributed by atoms with Gasteiger partial charge in [0, 0.05) is 17.5 Å². The van der Waals surface area contributed by atoms with Gasteiger partial charge in [-0.25, -0.2) is 9.59 Å². The molecule has 1 aliphatic heterocycles. The minimum atomic E-state index is -0.779. The van der Waals surface area contributed by atoms with Gasteiger partial charge in [-0.15, -0.1) is 0 Å². The van der Waals surface area contributed by atoms with Crippen molar-refractivity contribution in [2.75, 3.05) is 6.61 Å². The third-order valence-electron chi connectivity index (χ3n) is 2.75. The fourth-order valence-corrected chi connectivity index (χ4v) is 1.83. The Morgan fingerprint density at radius 3 is 2.95 bits per heavy atom. The highest BCUT2D eigenvalue weighted by atomic mass is 35.5. The van der Waals surface area contributed by atoms with Gasteiger partial charge in [0.2, 0.25) is 6.10 Å². The van der Waals surface area contributed by atoms with Crippen LogP contribution in [0.4, 0.5) is 0 Å². The normalized spacial score (nSPS) is 18.6. The van der Waals surface area contributed by atoms with Gasteiger partial charge in [0.05, 0.1) is 6.61 Å². The molecule has 2 rings (SSSR count). The first-order valence-electron chi connectivity index (χ1n) is 5.88. The van der Waals surface area contributed by atoms with E-state index in [-0.39, 0.29) is 0 Å². The van der Waals surface area contributed by atoms with Crippen LogP contribution in [0.25, 0.3) is 6.08 Å². The molecular formula is C14H13ClO4. The van der Waals surface area contributed by atoms with Crippen LogP contribution in [0, 0.1) is 6.92 Å². The minimum absolute atomic E-state index is 0.300. The lowest BCUT2D eigenvalue weighted by Gasteiger charge is -2.05. The molecule has 1 aromatic rings. The zero-order valence-corrected chi connectivity index (χ0v) is 11.1. The Hall–Kier alpha value is -1.81. The quantitative estimate of drug-likeness (QED) is 0.631. The summed E-state index contributed by atoms with van der Waals surface area (Å²) in [6, 6.07) is 5.46. The number of hydrogen-bond acceptors (Lipinski definition) is 4. The van der Waals surface area contributed by atoms with Crippen molar-refractivity contribution < 1.29 is 19.1 Å². The van der Waals surface area contributed by atoms with Gasteiger partial charge in [0.25, 0.3) is 0 Å². The largest absolute Gasteiger partial charge is 0.463 e. The zero-order chi connectivity index (χ0) is 13.8. The summed E-state index contributed by atoms with van der Waals surface area (Å²) in [5.41, 5.74) is 1.76. The molecule has 5 heteroatoms. The number of rotatable bonds is 3. The summed E-state index contributed by atoms with van der Waals surface area (Å²) in [5, 5.41) is 0.634. The van der Waals surface area contributed by atoms with Crippen LogP contribution in [0.5, 0.6) is 0 Å². The molecule has 0 radical (unpaired) electrons. The van der Waals surface area contributed by atoms with Gasteiger partial charge in [0.15, 0.2) is 0 Å². The van der Waals surface area contributed by atoms with Crippen LogP contribution in [0.3, 0.4) is 0 Å². The number of ether oxygens (including phenoxy) is 2. The Balaban J connectivity index is 1.96. The summed E-state index contributed by atoms with van der Waals surface area (Å²) >= 11 is 5.97. The van der Waals surface area contributed by atoms with Crippen LogP contribution < -0.4 is 0 Å². The molecule has 0 amide bonds. The fourth-order valence-electron chi connectivity index (χ4n) is 1.64. The minimum Gasteiger partial charge on any atom is -0.463 e. The summed E-state index contributed by atoms with van der Waals surface area (Å²) in [4.78, 5) is 22.6. The van der Waals surface area contributed by atoms with E-state index in [0.29, 0.717) is 18.1 Å². The summed E-state index contributed by atoms with van der Waals surface area (Å²) in [5.74, 6) is -1.05. The molecule has 0 bridgehead atoms. The summed E-state index contributed by atoms with van der Waals surface area (Å²) < 4.78 is 9.67. The number of aryl methyl sites for hydroxylation is 1. The van der Waals surface area contributed by atoms with E-state index in [9.17, 15) is 9.59 Å². The van der Waals surface area contributed by atoms with Gasteiger partial charge in [0.1, 0.15) is 0 Å². The van der Waals surface area contributed by atoms with Crippen LogP contribution in [0.2, 0.25) is 5.02 Å². The molecule has 0 unspecified atom stereocenters. The Labute approximate surface area is 116 Å². The SMILES string of the molecule is Cc1ccc(/C=C/C(=O)O[C@H]2CCOC2=O)cc1Cl. The predicted octanol–water partition coefficient (Wildman–Crippen LogP) is 2.52. The maximum absolute atomic E-state index is 11.5. The second kappa shape index (κ2) is 5.89. The topological polar surface area (TPSA) is 52.6 Å². The molecule has 100 valence electrons. The van der Waals surface area contributed by atoms with Crippen molar-refractivity contribution in [3.05, 3.63) is 40.4 Å². The molecule has 1 fully saturated rings. The van der Waals surface area contributed by atoms with Crippen molar-refractivity contribution in [3.8, 4) is 0 Å². The van der Waals surface area contributed by atoms with E-state index < -0.39 is 18.0 Å². The van der Waals surface area contributed by atoms with Crippen LogP contribution >= 0.6 is 11.6 Å². The van der Waals surface area contributed by atoms with Crippen molar-refractivity contribution in [2.24, 2.45) is 0 Å². The number of benzene rings is 1. The predicted molar refractivity (Wildman–Crippen MR) is 70.7 cm³/mol. The molecule has 1 heterocycles. The van der Waals surface area contributed by atoms with Crippen LogP contribution in [-0.2, 0) is 19.1 Å². The zero-order valence-electron chi connectivity index (χ0n) is 10.4. The fraction of sp³-hybridized carbons (Fsp3) is 0.286. The van der Waals surface area contributed by atoms with E-state index in [0.717, 1.165) is 11.1 Å². The standard InChI is InChI=1S/C14H13ClO4/c1-9-2-3-10(8-11(9)15)4-5-13(16)19-12-6-7-18-14(12)17/h2-5,8,12H,6-7H2,1H3/b5-4+/t12-/m0/s1. The van der Waals surface area contributed by atoms with Crippen LogP contribution in [0.15, 0.2) is 24.3 Å². The maximum atomic E-state index is 11.5. The van der Waals surface area contributed by atoms with E-state index in [4.69, 9.17) is 21.1 Å². The first kappa shape index (κ1) is 13.6. The van der Waals surface area contributed by atoms with Crippen molar-refractivity contribution >= 4 is 29.6 Å². The molecule has 0 aliphatic carbocycles. The van der Waals surface area contributed by atoms with Gasteiger partial charge in [-0.1, -0.05) is 23.7 Å². The summed E-state index contributed by atoms with van der Waals surface area (Å²) in [6.07, 6.45) is 2.49. The first-order valence-corrected chi connectivity index (χ1v) is 6.25. The Kier molecular flexibility index (Phi) is 4.22. The van der Waals surface area contributed by atoms with Gasteiger partial charge in [-0.3, -0.25) is 0 Å². The van der Waals surface area contributed by atoms with Gasteiger partial charge in [-0.05, 0) is 30.2 Å². The van der Waals surface area contributed by atoms with E-state index in [1.807, 2.05) is 19.1 Å². The maximum Gasteiger partial charge on any atom is 0.347 e. The second-order valence-electron chi connectivity index (χ2n) is 4.22. The van der Waals surface area contributed by atoms with E-state index in [1.54, 1.807) is 12.1 Å². The lowest BCUT2D eigenvalue weighted by molar-refractivity contribution is -0.156. The average Bonchev–Trinajstić information content (AvgIpc) is 2.77. The molecule has 4 nitrogen and oxygen atoms in total. The molecule has 0 N–H and O–H groups in total. The number of esters is 2. The number of hydrogen-bond donors (Lipinski definition) is 0. The Bertz CT molecular complexity index is 536. The molecule has 0 aromatic heterocycles. The van der Waals surface area contributed by atoms with Crippen molar-refractivity contribution in [3.63, 3.8) is 0 Å². The van der Waals surface area contributed by atoms with E-state index >= 15 is 0 Å². The Morgan fingerprint density at radius 1 is 1.53 bits per heavy atom. The molecule has 19 heavy (non-hydrogen) atoms. The first-order chi connectivity index (χ1) is 9.06. The lowest BCUT2D eigenvalue weighted by atomic mass is 10.1. The van der Waals surface area contributed by atoms with Crippen molar-refractivity contribution in [1.29, 1.82) is 0 Å². The molecule has 1 aromatic carbocycles. The van der Waals surface area contributed by atoms with Gasteiger partial charge < -0.3 is 9.47 Å². The highest BCUT2D eigenvalue weighted by Gasteiger charge is 2.29. The van der Waals surface area contributed by atoms with Crippen molar-refractivity contribution in [1.82, 2.24) is 0 Å². The highest BCUT2D eigenvalue weighted by molar-refractivity contribution is 6.31. The average molecular weight is 281 g/mol. The van der Waals surface area contributed by atoms with Crippen molar-refractivity contribution in [2.45, 2.75) is 19.4 Å². The van der Waals surface area contributed by atoms with E-state index in [1.165, 1.54) is 6.08 Å². The smallest absolute Gasteiger partial charge is 0.347 e. The third-order valence-corrected chi connectivity index (χ3v) is 3.16. The molecule has 0 saturated carbocycles. The summed E-state index contributed by atoms with van der Waals surface area (Å²) in [6.45, 7) is 2.20. The number of halogens is 1. The molecular weight excluding hydrogens is 268 g/mol. The van der Waals surface area contributed by atoms with Gasteiger partial charge in [-0.2, -0.15) is 0 Å². The van der Waals surface area contributed by atoms with E-state index in [2.05, 4.69) is 0 Å². The molecule has 1 aliphatic rings. The molecule has 1 saturated heterocycles. The number of cyclic esters (lactones) is 1. The summed E-state index contributed by atoms with van der Waals surface area (Å²) in [7, 11) is 0. The third kappa shape index (κ3) is 3.58. The van der Waals surface area contributed by atoms with Crippen LogP contribution in [-0.4, -0.2) is 24.6 Å².